The van der Waals surface area contributed by atoms with E-state index in [1.165, 1.54) is 5.01 Å². The van der Waals surface area contributed by atoms with Gasteiger partial charge in [-0.1, -0.05) is 6.92 Å². The number of ether oxygens (including phenoxy) is 2. The smallest absolute Gasteiger partial charge is 0.191 e. The fourth-order valence-electron chi connectivity index (χ4n) is 2.43. The monoisotopic (exact) mass is 482 g/mol. The summed E-state index contributed by atoms with van der Waals surface area (Å²) in [4.78, 5) is 9.18. The van der Waals surface area contributed by atoms with Crippen LogP contribution in [-0.2, 0) is 22.3 Å². The molecule has 1 fully saturated rings. The first kappa shape index (κ1) is 22.6. The van der Waals surface area contributed by atoms with Crippen molar-refractivity contribution in [2.75, 3.05) is 39.5 Å². The van der Waals surface area contributed by atoms with E-state index in [4.69, 9.17) is 9.47 Å². The number of aromatic nitrogens is 1. The van der Waals surface area contributed by atoms with Crippen LogP contribution in [0, 0.1) is 0 Å². The highest BCUT2D eigenvalue weighted by molar-refractivity contribution is 14.0. The summed E-state index contributed by atoms with van der Waals surface area (Å²) in [5.41, 5.74) is 1.16. The van der Waals surface area contributed by atoms with Crippen molar-refractivity contribution < 1.29 is 9.47 Å². The molecule has 6 nitrogen and oxygen atoms in total. The number of nitrogens with zero attached hydrogens (tertiary/aromatic N) is 2. The van der Waals surface area contributed by atoms with Gasteiger partial charge in [-0.25, -0.2) is 4.98 Å². The summed E-state index contributed by atoms with van der Waals surface area (Å²) in [6.45, 7) is 9.00. The Morgan fingerprint density at radius 1 is 1.44 bits per heavy atom. The minimum atomic E-state index is 0. The Bertz CT molecular complexity index is 493. The summed E-state index contributed by atoms with van der Waals surface area (Å²) < 4.78 is 11.1. The molecule has 2 heterocycles. The minimum absolute atomic E-state index is 0. The Morgan fingerprint density at radius 2 is 2.32 bits per heavy atom. The van der Waals surface area contributed by atoms with Crippen LogP contribution in [0.15, 0.2) is 10.4 Å². The van der Waals surface area contributed by atoms with Gasteiger partial charge in [0.05, 0.1) is 23.4 Å². The molecule has 0 amide bonds. The second-order valence-corrected chi connectivity index (χ2v) is 6.68. The molecule has 0 aromatic carbocycles. The zero-order valence-electron chi connectivity index (χ0n) is 15.3. The van der Waals surface area contributed by atoms with E-state index in [0.29, 0.717) is 0 Å². The molecule has 0 aliphatic carbocycles. The zero-order valence-corrected chi connectivity index (χ0v) is 18.4. The maximum absolute atomic E-state index is 5.75. The number of rotatable bonds is 10. The van der Waals surface area contributed by atoms with Gasteiger partial charge in [0.1, 0.15) is 0 Å². The first-order valence-corrected chi connectivity index (χ1v) is 9.84. The van der Waals surface area contributed by atoms with E-state index < -0.39 is 0 Å². The van der Waals surface area contributed by atoms with Crippen molar-refractivity contribution in [2.45, 2.75) is 45.6 Å². The van der Waals surface area contributed by atoms with Crippen molar-refractivity contribution in [3.8, 4) is 0 Å². The summed E-state index contributed by atoms with van der Waals surface area (Å²) in [7, 11) is 0. The van der Waals surface area contributed by atoms with Crippen LogP contribution in [0.4, 0.5) is 0 Å². The van der Waals surface area contributed by atoms with E-state index in [0.717, 1.165) is 76.8 Å². The molecule has 144 valence electrons. The molecule has 25 heavy (non-hydrogen) atoms. The summed E-state index contributed by atoms with van der Waals surface area (Å²) in [6, 6.07) is 0. The lowest BCUT2D eigenvalue weighted by Crippen LogP contribution is -2.38. The fourth-order valence-corrected chi connectivity index (χ4v) is 3.21. The van der Waals surface area contributed by atoms with Gasteiger partial charge in [0.15, 0.2) is 5.96 Å². The zero-order chi connectivity index (χ0) is 17.0. The molecule has 0 radical (unpaired) electrons. The average molecular weight is 482 g/mol. The first-order chi connectivity index (χ1) is 11.8. The molecule has 1 aliphatic heterocycles. The maximum atomic E-state index is 5.75. The van der Waals surface area contributed by atoms with Crippen LogP contribution in [0.5, 0.6) is 0 Å². The number of nitrogens with one attached hydrogen (secondary N) is 2. The van der Waals surface area contributed by atoms with Gasteiger partial charge in [-0.2, -0.15) is 0 Å². The van der Waals surface area contributed by atoms with Crippen molar-refractivity contribution in [1.29, 1.82) is 0 Å². The number of aryl methyl sites for hydroxylation is 1. The molecular formula is C17H31IN4O2S. The molecular weight excluding hydrogens is 451 g/mol. The van der Waals surface area contributed by atoms with Crippen LogP contribution in [0.2, 0.25) is 0 Å². The molecule has 1 aromatic rings. The molecule has 8 heteroatoms. The second kappa shape index (κ2) is 13.7. The minimum Gasteiger partial charge on any atom is -0.379 e. The molecule has 0 spiro atoms. The third kappa shape index (κ3) is 9.16. The summed E-state index contributed by atoms with van der Waals surface area (Å²) in [5.74, 6) is 0.868. The van der Waals surface area contributed by atoms with Gasteiger partial charge in [-0.15, -0.1) is 35.3 Å². The van der Waals surface area contributed by atoms with E-state index in [1.54, 1.807) is 11.3 Å². The number of aliphatic imine (C=N–C) groups is 1. The Hall–Kier alpha value is -0.450. The number of hydrogen-bond acceptors (Lipinski definition) is 5. The van der Waals surface area contributed by atoms with Crippen molar-refractivity contribution in [2.24, 2.45) is 4.99 Å². The van der Waals surface area contributed by atoms with E-state index >= 15 is 0 Å². The highest BCUT2D eigenvalue weighted by Crippen LogP contribution is 2.10. The molecule has 0 bridgehead atoms. The van der Waals surface area contributed by atoms with Crippen molar-refractivity contribution in [3.05, 3.63) is 16.1 Å². The number of hydrogen-bond donors (Lipinski definition) is 2. The van der Waals surface area contributed by atoms with E-state index in [2.05, 4.69) is 39.8 Å². The molecule has 1 unspecified atom stereocenters. The fraction of sp³-hybridized carbons (Fsp3) is 0.765. The van der Waals surface area contributed by atoms with E-state index in [9.17, 15) is 0 Å². The Kier molecular flexibility index (Phi) is 12.4. The maximum Gasteiger partial charge on any atom is 0.191 e. The Morgan fingerprint density at radius 3 is 3.00 bits per heavy atom. The molecule has 1 saturated heterocycles. The normalized spacial score (nSPS) is 17.4. The number of halogens is 1. The standard InChI is InChI=1S/C17H30N4O2S.HI/c1-3-16-21-14(13-24-16)6-9-20-17(18-4-2)19-8-5-10-23-15-7-11-22-12-15;/h13,15H,3-12H2,1-2H3,(H2,18,19,20);1H. The summed E-state index contributed by atoms with van der Waals surface area (Å²) in [6.07, 6.45) is 4.16. The van der Waals surface area contributed by atoms with Crippen molar-refractivity contribution in [1.82, 2.24) is 15.6 Å². The lowest BCUT2D eigenvalue weighted by Gasteiger charge is -2.11. The third-order valence-electron chi connectivity index (χ3n) is 3.73. The van der Waals surface area contributed by atoms with Crippen molar-refractivity contribution in [3.63, 3.8) is 0 Å². The van der Waals surface area contributed by atoms with E-state index in [-0.39, 0.29) is 30.1 Å². The number of guanidine groups is 1. The summed E-state index contributed by atoms with van der Waals surface area (Å²) in [5, 5.41) is 10.0. The lowest BCUT2D eigenvalue weighted by molar-refractivity contribution is 0.0424. The van der Waals surface area contributed by atoms with Gasteiger partial charge in [0.2, 0.25) is 0 Å². The van der Waals surface area contributed by atoms with Gasteiger partial charge in [0, 0.05) is 44.6 Å². The van der Waals surface area contributed by atoms with Crippen LogP contribution in [-0.4, -0.2) is 56.5 Å². The number of thiazole rings is 1. The lowest BCUT2D eigenvalue weighted by atomic mass is 10.3. The van der Waals surface area contributed by atoms with Gasteiger partial charge in [-0.05, 0) is 26.2 Å². The first-order valence-electron chi connectivity index (χ1n) is 8.96. The molecule has 2 N–H and O–H groups in total. The van der Waals surface area contributed by atoms with Crippen molar-refractivity contribution >= 4 is 41.3 Å². The van der Waals surface area contributed by atoms with Gasteiger partial charge in [0.25, 0.3) is 0 Å². The molecule has 1 aliphatic rings. The van der Waals surface area contributed by atoms with Gasteiger partial charge in [-0.3, -0.25) is 4.99 Å². The molecule has 2 rings (SSSR count). The van der Waals surface area contributed by atoms with Crippen LogP contribution >= 0.6 is 35.3 Å². The Balaban J connectivity index is 0.00000312. The van der Waals surface area contributed by atoms with Crippen LogP contribution in [0.1, 0.15) is 37.4 Å². The second-order valence-electron chi connectivity index (χ2n) is 5.73. The predicted molar refractivity (Wildman–Crippen MR) is 114 cm³/mol. The highest BCUT2D eigenvalue weighted by Gasteiger charge is 2.15. The highest BCUT2D eigenvalue weighted by atomic mass is 127. The molecule has 1 aromatic heterocycles. The van der Waals surface area contributed by atoms with Gasteiger partial charge < -0.3 is 20.1 Å². The molecule has 1 atom stereocenters. The topological polar surface area (TPSA) is 67.8 Å². The SMILES string of the molecule is CCNC(=NCCCOC1CCOC1)NCCc1csc(CC)n1.I. The Labute approximate surface area is 172 Å². The summed E-state index contributed by atoms with van der Waals surface area (Å²) >= 11 is 1.74. The van der Waals surface area contributed by atoms with Crippen LogP contribution in [0.3, 0.4) is 0 Å². The van der Waals surface area contributed by atoms with E-state index in [1.807, 2.05) is 0 Å². The van der Waals surface area contributed by atoms with Crippen LogP contribution < -0.4 is 10.6 Å². The van der Waals surface area contributed by atoms with Crippen LogP contribution in [0.25, 0.3) is 0 Å². The van der Waals surface area contributed by atoms with Gasteiger partial charge >= 0.3 is 0 Å². The largest absolute Gasteiger partial charge is 0.379 e. The predicted octanol–water partition coefficient (Wildman–Crippen LogP) is 2.62. The molecule has 0 saturated carbocycles. The average Bonchev–Trinajstić information content (AvgIpc) is 3.26. The quantitative estimate of drug-likeness (QED) is 0.232. The third-order valence-corrected chi connectivity index (χ3v) is 4.78.